The predicted octanol–water partition coefficient (Wildman–Crippen LogP) is 8.34. The highest BCUT2D eigenvalue weighted by molar-refractivity contribution is 14.1. The first-order valence-electron chi connectivity index (χ1n) is 11.4. The first-order valence-corrected chi connectivity index (χ1v) is 17.4. The number of halogens is 6. The Balaban J connectivity index is 0.000000266. The third-order valence-electron chi connectivity index (χ3n) is 4.77. The summed E-state index contributed by atoms with van der Waals surface area (Å²) in [5, 5.41) is 2.93. The number of carbonyl (C=O) groups is 2. The zero-order valence-corrected chi connectivity index (χ0v) is 30.1. The smallest absolute Gasteiger partial charge is 0.419 e. The lowest BCUT2D eigenvalue weighted by atomic mass is 10.2. The molecule has 44 heavy (non-hydrogen) atoms. The zero-order chi connectivity index (χ0) is 33.2. The van der Waals surface area contributed by atoms with E-state index in [-0.39, 0.29) is 27.4 Å². The third-order valence-corrected chi connectivity index (χ3v) is 10.4. The minimum absolute atomic E-state index is 0.0287. The van der Waals surface area contributed by atoms with Gasteiger partial charge in [0.05, 0.1) is 25.5 Å². The first kappa shape index (κ1) is 38.1. The molecule has 0 aromatic carbocycles. The molecule has 238 valence electrons. The molecular formula is C24H22Cl2F3IN6O4S4. The second kappa shape index (κ2) is 17.6. The Bertz CT molecular complexity index is 1610. The van der Waals surface area contributed by atoms with Crippen molar-refractivity contribution >= 4 is 121 Å². The average molecular weight is 842 g/mol. The SMILES string of the molecule is COC(=O)c1sc(SC)nc1N.COC(=O)c1sc(SC)nc1Nc1cc(Cl)ncc1C(F)(F)F.Cc1cnc(Cl)cc1I. The van der Waals surface area contributed by atoms with Gasteiger partial charge in [0.2, 0.25) is 0 Å². The maximum atomic E-state index is 13.0. The van der Waals surface area contributed by atoms with Crippen molar-refractivity contribution in [3.05, 3.63) is 59.3 Å². The van der Waals surface area contributed by atoms with Crippen molar-refractivity contribution in [2.45, 2.75) is 21.8 Å². The van der Waals surface area contributed by atoms with E-state index in [4.69, 9.17) is 28.9 Å². The van der Waals surface area contributed by atoms with Crippen LogP contribution in [0, 0.1) is 10.5 Å². The zero-order valence-electron chi connectivity index (χ0n) is 23.2. The maximum absolute atomic E-state index is 13.0. The fraction of sp³-hybridized carbons (Fsp3) is 0.250. The van der Waals surface area contributed by atoms with E-state index in [2.05, 4.69) is 57.3 Å². The van der Waals surface area contributed by atoms with Crippen LogP contribution in [0.25, 0.3) is 0 Å². The van der Waals surface area contributed by atoms with Gasteiger partial charge >= 0.3 is 18.1 Å². The lowest BCUT2D eigenvalue weighted by molar-refractivity contribution is -0.137. The van der Waals surface area contributed by atoms with Crippen molar-refractivity contribution in [1.82, 2.24) is 19.9 Å². The number of alkyl halides is 3. The molecule has 0 spiro atoms. The van der Waals surface area contributed by atoms with Crippen LogP contribution in [0.1, 0.15) is 30.5 Å². The Morgan fingerprint density at radius 1 is 0.955 bits per heavy atom. The number of carbonyl (C=O) groups excluding carboxylic acids is 2. The van der Waals surface area contributed by atoms with Crippen LogP contribution in [0.2, 0.25) is 10.3 Å². The topological polar surface area (TPSA) is 142 Å². The van der Waals surface area contributed by atoms with Crippen LogP contribution >= 0.6 is 92.0 Å². The normalized spacial score (nSPS) is 10.6. The third kappa shape index (κ3) is 11.1. The number of anilines is 3. The van der Waals surface area contributed by atoms with Gasteiger partial charge in [-0.15, -0.1) is 0 Å². The number of nitrogens with two attached hydrogens (primary N) is 1. The highest BCUT2D eigenvalue weighted by Crippen LogP contribution is 2.38. The van der Waals surface area contributed by atoms with E-state index in [1.54, 1.807) is 12.5 Å². The summed E-state index contributed by atoms with van der Waals surface area (Å²) >= 11 is 18.5. The molecule has 0 unspecified atom stereocenters. The molecule has 0 bridgehead atoms. The first-order chi connectivity index (χ1) is 20.6. The minimum atomic E-state index is -4.64. The molecule has 0 aliphatic rings. The van der Waals surface area contributed by atoms with Crippen molar-refractivity contribution in [3.8, 4) is 0 Å². The second-order valence-electron chi connectivity index (χ2n) is 7.67. The number of hydrogen-bond donors (Lipinski definition) is 2. The summed E-state index contributed by atoms with van der Waals surface area (Å²) in [6, 6.07) is 2.86. The Kier molecular flexibility index (Phi) is 15.2. The fourth-order valence-electron chi connectivity index (χ4n) is 2.70. The van der Waals surface area contributed by atoms with Gasteiger partial charge in [-0.2, -0.15) is 13.2 Å². The molecule has 0 fully saturated rings. The second-order valence-corrected chi connectivity index (χ2v) is 13.7. The van der Waals surface area contributed by atoms with Crippen molar-refractivity contribution in [3.63, 3.8) is 0 Å². The van der Waals surface area contributed by atoms with E-state index < -0.39 is 23.7 Å². The van der Waals surface area contributed by atoms with Gasteiger partial charge in [0.1, 0.15) is 10.3 Å². The lowest BCUT2D eigenvalue weighted by Gasteiger charge is -2.13. The van der Waals surface area contributed by atoms with E-state index in [0.29, 0.717) is 20.6 Å². The van der Waals surface area contributed by atoms with Crippen molar-refractivity contribution < 1.29 is 32.2 Å². The molecule has 0 atom stereocenters. The van der Waals surface area contributed by atoms with Crippen molar-refractivity contribution in [2.75, 3.05) is 37.8 Å². The number of nitrogens with one attached hydrogen (secondary N) is 1. The molecule has 10 nitrogen and oxygen atoms in total. The number of thiazole rings is 2. The van der Waals surface area contributed by atoms with Gasteiger partial charge in [-0.25, -0.2) is 29.5 Å². The number of methoxy groups -OCH3 is 2. The van der Waals surface area contributed by atoms with Gasteiger partial charge in [-0.3, -0.25) is 0 Å². The van der Waals surface area contributed by atoms with Crippen LogP contribution in [0.4, 0.5) is 30.5 Å². The van der Waals surface area contributed by atoms with Crippen LogP contribution in [0.3, 0.4) is 0 Å². The summed E-state index contributed by atoms with van der Waals surface area (Å²) in [7, 11) is 2.50. The van der Waals surface area contributed by atoms with Gasteiger partial charge in [0.25, 0.3) is 0 Å². The molecule has 0 aliphatic carbocycles. The summed E-state index contributed by atoms with van der Waals surface area (Å²) in [5.74, 6) is -0.903. The molecule has 0 saturated heterocycles. The Morgan fingerprint density at radius 2 is 1.48 bits per heavy atom. The number of esters is 2. The van der Waals surface area contributed by atoms with Gasteiger partial charge in [-0.1, -0.05) is 69.4 Å². The van der Waals surface area contributed by atoms with E-state index in [1.165, 1.54) is 54.6 Å². The average Bonchev–Trinajstić information content (AvgIpc) is 3.57. The molecule has 4 aromatic rings. The molecule has 0 saturated carbocycles. The highest BCUT2D eigenvalue weighted by Gasteiger charge is 2.35. The molecule has 4 heterocycles. The summed E-state index contributed by atoms with van der Waals surface area (Å²) < 4.78 is 50.7. The van der Waals surface area contributed by atoms with Gasteiger partial charge in [-0.05, 0) is 59.7 Å². The summed E-state index contributed by atoms with van der Waals surface area (Å²) in [4.78, 5) is 38.6. The van der Waals surface area contributed by atoms with E-state index in [9.17, 15) is 22.8 Å². The maximum Gasteiger partial charge on any atom is 0.419 e. The number of hydrogen-bond acceptors (Lipinski definition) is 14. The molecule has 0 amide bonds. The van der Waals surface area contributed by atoms with Gasteiger partial charge in [0.15, 0.2) is 30.1 Å². The molecule has 3 N–H and O–H groups in total. The monoisotopic (exact) mass is 840 g/mol. The number of ether oxygens (including phenoxy) is 2. The highest BCUT2D eigenvalue weighted by atomic mass is 127. The predicted molar refractivity (Wildman–Crippen MR) is 179 cm³/mol. The lowest BCUT2D eigenvalue weighted by Crippen LogP contribution is -2.11. The van der Waals surface area contributed by atoms with E-state index in [1.807, 2.05) is 19.2 Å². The van der Waals surface area contributed by atoms with Crippen molar-refractivity contribution in [2.24, 2.45) is 0 Å². The van der Waals surface area contributed by atoms with Gasteiger partial charge < -0.3 is 20.5 Å². The molecule has 0 aliphatic heterocycles. The van der Waals surface area contributed by atoms with Crippen LogP contribution in [-0.2, 0) is 15.7 Å². The Morgan fingerprint density at radius 3 is 1.98 bits per heavy atom. The standard InChI is InChI=1S/C12H9ClF3N3O2S2.C6H5ClIN.C6H8N2O2S2/c1-21-10(20)8-9(19-11(22-2)23-8)18-6-3-7(13)17-4-5(6)12(14,15)16;1-4-3-9-6(7)2-5(4)8;1-10-5(9)3-4(7)8-6(11-2)12-3/h3-4H,1-2H3,(H,17,18);2-3H,1H3;7H2,1-2H3. The number of nitrogen functional groups attached to an aromatic ring is 1. The van der Waals surface area contributed by atoms with E-state index in [0.717, 1.165) is 25.3 Å². The van der Waals surface area contributed by atoms with Gasteiger partial charge in [0, 0.05) is 16.0 Å². The number of rotatable bonds is 6. The summed E-state index contributed by atoms with van der Waals surface area (Å²) in [6.45, 7) is 2.01. The number of thioether (sulfide) groups is 2. The van der Waals surface area contributed by atoms with Crippen LogP contribution in [0.15, 0.2) is 33.2 Å². The molecule has 20 heteroatoms. The molecular weight excluding hydrogens is 819 g/mol. The molecule has 4 rings (SSSR count). The number of aromatic nitrogens is 4. The van der Waals surface area contributed by atoms with Crippen LogP contribution in [-0.4, -0.2) is 58.6 Å². The molecule has 0 radical (unpaired) electrons. The Hall–Kier alpha value is -2.10. The largest absolute Gasteiger partial charge is 0.465 e. The van der Waals surface area contributed by atoms with Crippen LogP contribution < -0.4 is 11.1 Å². The number of nitrogens with zero attached hydrogens (tertiary/aromatic N) is 4. The summed E-state index contributed by atoms with van der Waals surface area (Å²) in [6.07, 6.45) is 1.35. The fourth-order valence-corrected chi connectivity index (χ4v) is 6.48. The van der Waals surface area contributed by atoms with Crippen LogP contribution in [0.5, 0.6) is 0 Å². The minimum Gasteiger partial charge on any atom is -0.465 e. The Labute approximate surface area is 290 Å². The van der Waals surface area contributed by atoms with E-state index >= 15 is 0 Å². The quantitative estimate of drug-likeness (QED) is 0.0834. The molecule has 4 aromatic heterocycles. The summed E-state index contributed by atoms with van der Waals surface area (Å²) in [5.41, 5.74) is 5.28. The number of aryl methyl sites for hydroxylation is 1. The van der Waals surface area contributed by atoms with Crippen molar-refractivity contribution in [1.29, 1.82) is 0 Å². The number of pyridine rings is 2.